The maximum absolute atomic E-state index is 11.7. The van der Waals surface area contributed by atoms with E-state index in [1.165, 1.54) is 0 Å². The molecule has 0 saturated carbocycles. The van der Waals surface area contributed by atoms with Crippen molar-refractivity contribution in [3.05, 3.63) is 26.8 Å². The molecule has 0 N–H and O–H groups in total. The number of hydrogen-bond donors (Lipinski definition) is 0. The number of ether oxygens (including phenoxy) is 1. The first kappa shape index (κ1) is 14.9. The van der Waals surface area contributed by atoms with Crippen molar-refractivity contribution >= 4 is 45.8 Å². The molecule has 104 valence electrons. The van der Waals surface area contributed by atoms with Gasteiger partial charge in [0.2, 0.25) is 0 Å². The van der Waals surface area contributed by atoms with E-state index >= 15 is 0 Å². The molecule has 0 aromatic heterocycles. The number of halogens is 2. The summed E-state index contributed by atoms with van der Waals surface area (Å²) < 4.78 is 6.14. The van der Waals surface area contributed by atoms with E-state index in [1.54, 1.807) is 0 Å². The predicted octanol–water partition coefficient (Wildman–Crippen LogP) is 3.72. The lowest BCUT2D eigenvalue weighted by Gasteiger charge is -2.33. The van der Waals surface area contributed by atoms with E-state index in [-0.39, 0.29) is 11.9 Å². The molecule has 0 aliphatic carbocycles. The van der Waals surface area contributed by atoms with Crippen LogP contribution in [0.25, 0.3) is 0 Å². The Morgan fingerprint density at radius 2 is 2.16 bits per heavy atom. The van der Waals surface area contributed by atoms with Gasteiger partial charge in [0.15, 0.2) is 0 Å². The third-order valence-corrected chi connectivity index (χ3v) is 5.00. The number of nitrogens with zero attached hydrogens (tertiary/aromatic N) is 1. The highest BCUT2D eigenvalue weighted by atomic mass is 127. The maximum Gasteiger partial charge on any atom is 0.309 e. The quantitative estimate of drug-likeness (QED) is 0.579. The van der Waals surface area contributed by atoms with E-state index in [0.717, 1.165) is 40.2 Å². The summed E-state index contributed by atoms with van der Waals surface area (Å²) in [6.45, 7) is 4.01. The minimum atomic E-state index is -0.0594. The number of hydrogen-bond acceptors (Lipinski definition) is 3. The minimum Gasteiger partial charge on any atom is -0.466 e. The molecular weight excluding hydrogens is 377 g/mol. The molecule has 1 aliphatic rings. The Morgan fingerprint density at radius 3 is 2.79 bits per heavy atom. The molecule has 2 rings (SSSR count). The Morgan fingerprint density at radius 1 is 1.47 bits per heavy atom. The number of rotatable bonds is 3. The van der Waals surface area contributed by atoms with Crippen molar-refractivity contribution in [1.82, 2.24) is 0 Å². The summed E-state index contributed by atoms with van der Waals surface area (Å²) in [6.07, 6.45) is 1.67. The van der Waals surface area contributed by atoms with E-state index in [4.69, 9.17) is 16.3 Å². The van der Waals surface area contributed by atoms with Crippen LogP contribution in [-0.4, -0.2) is 25.7 Å². The first-order chi connectivity index (χ1) is 9.13. The standard InChI is InChI=1S/C14H17ClINO2/c1-2-19-14(18)10-6-8-17(9-7-10)12-5-3-4-11(16)13(12)15/h3-5,10H,2,6-9H2,1H3. The van der Waals surface area contributed by atoms with Crippen LogP contribution < -0.4 is 4.90 Å². The van der Waals surface area contributed by atoms with Crippen LogP contribution in [0.1, 0.15) is 19.8 Å². The fourth-order valence-electron chi connectivity index (χ4n) is 2.35. The third-order valence-electron chi connectivity index (χ3n) is 3.39. The Balaban J connectivity index is 2.00. The molecule has 0 bridgehead atoms. The Kier molecular flexibility index (Phi) is 5.33. The first-order valence-corrected chi connectivity index (χ1v) is 7.94. The average Bonchev–Trinajstić information content (AvgIpc) is 2.42. The molecule has 19 heavy (non-hydrogen) atoms. The van der Waals surface area contributed by atoms with Crippen molar-refractivity contribution in [1.29, 1.82) is 0 Å². The average molecular weight is 394 g/mol. The van der Waals surface area contributed by atoms with Gasteiger partial charge in [-0.05, 0) is 54.5 Å². The van der Waals surface area contributed by atoms with E-state index in [2.05, 4.69) is 27.5 Å². The van der Waals surface area contributed by atoms with E-state index < -0.39 is 0 Å². The van der Waals surface area contributed by atoms with E-state index in [9.17, 15) is 4.79 Å². The second-order valence-electron chi connectivity index (χ2n) is 4.59. The van der Waals surface area contributed by atoms with Gasteiger partial charge in [0, 0.05) is 16.7 Å². The molecule has 0 atom stereocenters. The molecule has 0 unspecified atom stereocenters. The van der Waals surface area contributed by atoms with Gasteiger partial charge < -0.3 is 9.64 Å². The van der Waals surface area contributed by atoms with Gasteiger partial charge in [0.05, 0.1) is 23.2 Å². The van der Waals surface area contributed by atoms with Crippen molar-refractivity contribution < 1.29 is 9.53 Å². The molecule has 0 amide bonds. The van der Waals surface area contributed by atoms with Crippen LogP contribution in [0.3, 0.4) is 0 Å². The maximum atomic E-state index is 11.7. The molecule has 3 nitrogen and oxygen atoms in total. The van der Waals surface area contributed by atoms with Gasteiger partial charge in [0.25, 0.3) is 0 Å². The first-order valence-electron chi connectivity index (χ1n) is 6.49. The highest BCUT2D eigenvalue weighted by Crippen LogP contribution is 2.32. The molecule has 1 aromatic carbocycles. The van der Waals surface area contributed by atoms with Crippen LogP contribution in [0, 0.1) is 9.49 Å². The lowest BCUT2D eigenvalue weighted by molar-refractivity contribution is -0.148. The van der Waals surface area contributed by atoms with Crippen molar-refractivity contribution in [2.45, 2.75) is 19.8 Å². The highest BCUT2D eigenvalue weighted by Gasteiger charge is 2.26. The summed E-state index contributed by atoms with van der Waals surface area (Å²) in [7, 11) is 0. The van der Waals surface area contributed by atoms with Gasteiger partial charge in [-0.15, -0.1) is 0 Å². The summed E-state index contributed by atoms with van der Waals surface area (Å²) in [5, 5.41) is 0.803. The largest absolute Gasteiger partial charge is 0.466 e. The van der Waals surface area contributed by atoms with Crippen LogP contribution in [-0.2, 0) is 9.53 Å². The predicted molar refractivity (Wildman–Crippen MR) is 85.7 cm³/mol. The second kappa shape index (κ2) is 6.79. The van der Waals surface area contributed by atoms with Crippen molar-refractivity contribution in [3.63, 3.8) is 0 Å². The molecule has 1 fully saturated rings. The topological polar surface area (TPSA) is 29.5 Å². The van der Waals surface area contributed by atoms with Crippen molar-refractivity contribution in [3.8, 4) is 0 Å². The summed E-state index contributed by atoms with van der Waals surface area (Å²) in [5.41, 5.74) is 1.07. The summed E-state index contributed by atoms with van der Waals surface area (Å²) >= 11 is 8.57. The van der Waals surface area contributed by atoms with Crippen molar-refractivity contribution in [2.75, 3.05) is 24.6 Å². The minimum absolute atomic E-state index is 0.0396. The molecule has 0 spiro atoms. The zero-order valence-electron chi connectivity index (χ0n) is 10.9. The number of esters is 1. The highest BCUT2D eigenvalue weighted by molar-refractivity contribution is 14.1. The zero-order chi connectivity index (χ0) is 13.8. The van der Waals surface area contributed by atoms with Crippen LogP contribution >= 0.6 is 34.2 Å². The van der Waals surface area contributed by atoms with Crippen LogP contribution in [0.2, 0.25) is 5.02 Å². The second-order valence-corrected chi connectivity index (χ2v) is 6.13. The van der Waals surface area contributed by atoms with Gasteiger partial charge in [-0.1, -0.05) is 17.7 Å². The molecular formula is C14H17ClINO2. The van der Waals surface area contributed by atoms with E-state index in [0.29, 0.717) is 6.61 Å². The van der Waals surface area contributed by atoms with Gasteiger partial charge in [-0.3, -0.25) is 4.79 Å². The summed E-state index contributed by atoms with van der Waals surface area (Å²) in [4.78, 5) is 13.9. The lowest BCUT2D eigenvalue weighted by Crippen LogP contribution is -2.37. The number of anilines is 1. The summed E-state index contributed by atoms with van der Waals surface area (Å²) in [6, 6.07) is 6.05. The number of carbonyl (C=O) groups is 1. The molecule has 1 heterocycles. The Labute approximate surface area is 132 Å². The van der Waals surface area contributed by atoms with E-state index in [1.807, 2.05) is 25.1 Å². The molecule has 1 saturated heterocycles. The molecule has 0 radical (unpaired) electrons. The smallest absolute Gasteiger partial charge is 0.309 e. The summed E-state index contributed by atoms with van der Waals surface area (Å²) in [5.74, 6) is -0.0198. The van der Waals surface area contributed by atoms with Crippen LogP contribution in [0.4, 0.5) is 5.69 Å². The number of piperidine rings is 1. The normalized spacial score (nSPS) is 16.5. The van der Waals surface area contributed by atoms with Gasteiger partial charge >= 0.3 is 5.97 Å². The molecule has 1 aliphatic heterocycles. The van der Waals surface area contributed by atoms with Gasteiger partial charge in [-0.2, -0.15) is 0 Å². The third kappa shape index (κ3) is 3.54. The van der Waals surface area contributed by atoms with Crippen LogP contribution in [0.15, 0.2) is 18.2 Å². The van der Waals surface area contributed by atoms with Gasteiger partial charge in [0.1, 0.15) is 0 Å². The number of benzene rings is 1. The SMILES string of the molecule is CCOC(=O)C1CCN(c2cccc(I)c2Cl)CC1. The zero-order valence-corrected chi connectivity index (χ0v) is 13.8. The van der Waals surface area contributed by atoms with Gasteiger partial charge in [-0.25, -0.2) is 0 Å². The Hall–Kier alpha value is -0.490. The van der Waals surface area contributed by atoms with Crippen LogP contribution in [0.5, 0.6) is 0 Å². The fourth-order valence-corrected chi connectivity index (χ4v) is 3.08. The fraction of sp³-hybridized carbons (Fsp3) is 0.500. The molecule has 5 heteroatoms. The van der Waals surface area contributed by atoms with Crippen molar-refractivity contribution in [2.24, 2.45) is 5.92 Å². The number of carbonyl (C=O) groups excluding carboxylic acids is 1. The lowest BCUT2D eigenvalue weighted by atomic mass is 9.96. The monoisotopic (exact) mass is 393 g/mol. The molecule has 1 aromatic rings. The Bertz CT molecular complexity index is 459.